The van der Waals surface area contributed by atoms with Crippen molar-refractivity contribution in [2.75, 3.05) is 20.1 Å². The molecule has 1 aliphatic heterocycles. The molecule has 4 rings (SSSR count). The molecule has 0 aliphatic carbocycles. The summed E-state index contributed by atoms with van der Waals surface area (Å²) in [6.07, 6.45) is 0.990. The van der Waals surface area contributed by atoms with E-state index in [0.717, 1.165) is 18.5 Å². The van der Waals surface area contributed by atoms with Crippen LogP contribution < -0.4 is 0 Å². The average Bonchev–Trinajstić information content (AvgIpc) is 3.35. The van der Waals surface area contributed by atoms with E-state index in [0.29, 0.717) is 13.1 Å². The Hall–Kier alpha value is -2.02. The van der Waals surface area contributed by atoms with Gasteiger partial charge in [0, 0.05) is 29.9 Å². The summed E-state index contributed by atoms with van der Waals surface area (Å²) < 4.78 is 13.1. The van der Waals surface area contributed by atoms with E-state index < -0.39 is 0 Å². The fourth-order valence-electron chi connectivity index (χ4n) is 3.56. The van der Waals surface area contributed by atoms with Gasteiger partial charge in [-0.1, -0.05) is 18.2 Å². The van der Waals surface area contributed by atoms with Crippen LogP contribution in [0.4, 0.5) is 4.39 Å². The lowest BCUT2D eigenvalue weighted by Gasteiger charge is -2.35. The zero-order chi connectivity index (χ0) is 18.8. The molecule has 27 heavy (non-hydrogen) atoms. The molecule has 0 radical (unpaired) electrons. The van der Waals surface area contributed by atoms with Gasteiger partial charge in [0.1, 0.15) is 5.82 Å². The zero-order valence-electron chi connectivity index (χ0n) is 15.1. The predicted molar refractivity (Wildman–Crippen MR) is 109 cm³/mol. The Kier molecular flexibility index (Phi) is 5.38. The van der Waals surface area contributed by atoms with Gasteiger partial charge in [-0.3, -0.25) is 9.69 Å². The molecule has 1 unspecified atom stereocenters. The first-order chi connectivity index (χ1) is 13.1. The van der Waals surface area contributed by atoms with Crippen molar-refractivity contribution in [3.63, 3.8) is 0 Å². The van der Waals surface area contributed by atoms with Crippen molar-refractivity contribution in [1.82, 2.24) is 9.80 Å². The van der Waals surface area contributed by atoms with Gasteiger partial charge in [-0.05, 0) is 52.6 Å². The summed E-state index contributed by atoms with van der Waals surface area (Å²) in [5.41, 5.74) is 2.27. The largest absolute Gasteiger partial charge is 0.340 e. The number of hydrogen-bond acceptors (Lipinski definition) is 4. The molecular weight excluding hydrogens is 379 g/mol. The van der Waals surface area contributed by atoms with E-state index in [2.05, 4.69) is 33.9 Å². The van der Waals surface area contributed by atoms with Crippen molar-refractivity contribution >= 4 is 28.6 Å². The van der Waals surface area contributed by atoms with Crippen LogP contribution in [-0.2, 0) is 17.8 Å². The molecule has 0 bridgehead atoms. The Morgan fingerprint density at radius 1 is 1.19 bits per heavy atom. The molecular formula is C21H21FN2OS2. The number of rotatable bonds is 5. The molecule has 0 fully saturated rings. The van der Waals surface area contributed by atoms with Crippen LogP contribution in [0.25, 0.3) is 0 Å². The van der Waals surface area contributed by atoms with Crippen molar-refractivity contribution in [3.8, 4) is 0 Å². The number of carbonyl (C=O) groups is 1. The summed E-state index contributed by atoms with van der Waals surface area (Å²) in [5.74, 6) is -0.175. The normalized spacial score (nSPS) is 16.9. The van der Waals surface area contributed by atoms with Gasteiger partial charge in [-0.2, -0.15) is 0 Å². The van der Waals surface area contributed by atoms with Crippen molar-refractivity contribution in [1.29, 1.82) is 0 Å². The lowest BCUT2D eigenvalue weighted by Crippen LogP contribution is -2.42. The van der Waals surface area contributed by atoms with Crippen LogP contribution in [0, 0.1) is 5.82 Å². The van der Waals surface area contributed by atoms with Crippen LogP contribution in [0.2, 0.25) is 0 Å². The molecule has 0 spiro atoms. The fraction of sp³-hybridized carbons (Fsp3) is 0.286. The van der Waals surface area contributed by atoms with Crippen LogP contribution in [0.1, 0.15) is 26.9 Å². The highest BCUT2D eigenvalue weighted by Gasteiger charge is 2.31. The van der Waals surface area contributed by atoms with Crippen molar-refractivity contribution in [2.45, 2.75) is 19.0 Å². The van der Waals surface area contributed by atoms with Crippen LogP contribution in [0.3, 0.4) is 0 Å². The van der Waals surface area contributed by atoms with Gasteiger partial charge in [0.2, 0.25) is 5.91 Å². The molecule has 140 valence electrons. The van der Waals surface area contributed by atoms with E-state index in [4.69, 9.17) is 0 Å². The highest BCUT2D eigenvalue weighted by atomic mass is 32.1. The quantitative estimate of drug-likeness (QED) is 0.627. The molecule has 3 heterocycles. The topological polar surface area (TPSA) is 23.6 Å². The second-order valence-electron chi connectivity index (χ2n) is 6.81. The third-order valence-electron chi connectivity index (χ3n) is 4.98. The summed E-state index contributed by atoms with van der Waals surface area (Å²) in [4.78, 5) is 19.6. The van der Waals surface area contributed by atoms with Gasteiger partial charge in [0.05, 0.1) is 12.6 Å². The minimum Gasteiger partial charge on any atom is -0.340 e. The first kappa shape index (κ1) is 18.3. The Balaban J connectivity index is 1.49. The maximum atomic E-state index is 13.1. The van der Waals surface area contributed by atoms with Gasteiger partial charge < -0.3 is 4.90 Å². The molecule has 3 aromatic rings. The number of amides is 1. The van der Waals surface area contributed by atoms with Crippen LogP contribution >= 0.6 is 22.7 Å². The van der Waals surface area contributed by atoms with Gasteiger partial charge in [-0.15, -0.1) is 22.7 Å². The molecule has 0 saturated carbocycles. The minimum absolute atomic E-state index is 0.0829. The van der Waals surface area contributed by atoms with Crippen molar-refractivity contribution in [3.05, 3.63) is 79.9 Å². The average molecular weight is 401 g/mol. The van der Waals surface area contributed by atoms with E-state index in [9.17, 15) is 9.18 Å². The summed E-state index contributed by atoms with van der Waals surface area (Å²) in [7, 11) is 1.81. The third kappa shape index (κ3) is 3.98. The van der Waals surface area contributed by atoms with E-state index in [1.54, 1.807) is 28.4 Å². The first-order valence-electron chi connectivity index (χ1n) is 8.94. The van der Waals surface area contributed by atoms with Crippen LogP contribution in [-0.4, -0.2) is 35.8 Å². The monoisotopic (exact) mass is 400 g/mol. The number of thiophene rings is 2. The van der Waals surface area contributed by atoms with E-state index in [1.807, 2.05) is 18.4 Å². The number of carbonyl (C=O) groups excluding carboxylic acids is 1. The number of fused-ring (bicyclic) bond motifs is 1. The number of benzene rings is 1. The van der Waals surface area contributed by atoms with Crippen LogP contribution in [0.15, 0.2) is 53.2 Å². The van der Waals surface area contributed by atoms with E-state index >= 15 is 0 Å². The molecule has 3 nitrogen and oxygen atoms in total. The fourth-order valence-corrected chi connectivity index (χ4v) is 5.35. The molecule has 0 N–H and O–H groups in total. The second-order valence-corrected chi connectivity index (χ2v) is 8.79. The lowest BCUT2D eigenvalue weighted by atomic mass is 9.98. The highest BCUT2D eigenvalue weighted by Crippen LogP contribution is 2.39. The highest BCUT2D eigenvalue weighted by molar-refractivity contribution is 7.10. The second kappa shape index (κ2) is 7.92. The Morgan fingerprint density at radius 3 is 2.74 bits per heavy atom. The molecule has 1 atom stereocenters. The minimum atomic E-state index is -0.258. The third-order valence-corrected chi connectivity index (χ3v) is 6.90. The predicted octanol–water partition coefficient (Wildman–Crippen LogP) is 4.55. The number of hydrogen-bond donors (Lipinski definition) is 0. The SMILES string of the molecule is CN(Cc1ccc(F)cc1)C(=O)CN1CCc2sccc2C1c1cccs1. The summed E-state index contributed by atoms with van der Waals surface area (Å²) >= 11 is 3.55. The standard InChI is InChI=1S/C21H21FN2OS2/c1-23(13-15-4-6-16(22)7-5-15)20(25)14-24-10-8-18-17(9-12-27-18)21(24)19-3-2-11-26-19/h2-7,9,11-12,21H,8,10,13-14H2,1H3. The zero-order valence-corrected chi connectivity index (χ0v) is 16.7. The van der Waals surface area contributed by atoms with Gasteiger partial charge >= 0.3 is 0 Å². The Labute approximate surface area is 166 Å². The molecule has 0 saturated heterocycles. The number of nitrogens with zero attached hydrogens (tertiary/aromatic N) is 2. The smallest absolute Gasteiger partial charge is 0.236 e. The molecule has 2 aromatic heterocycles. The van der Waals surface area contributed by atoms with Gasteiger partial charge in [0.15, 0.2) is 0 Å². The molecule has 1 aliphatic rings. The molecule has 6 heteroatoms. The lowest BCUT2D eigenvalue weighted by molar-refractivity contribution is -0.132. The van der Waals surface area contributed by atoms with E-state index in [1.165, 1.54) is 27.5 Å². The van der Waals surface area contributed by atoms with Gasteiger partial charge in [-0.25, -0.2) is 4.39 Å². The summed E-state index contributed by atoms with van der Waals surface area (Å²) in [6, 6.07) is 12.9. The first-order valence-corrected chi connectivity index (χ1v) is 10.7. The van der Waals surface area contributed by atoms with Gasteiger partial charge in [0.25, 0.3) is 0 Å². The number of likely N-dealkylation sites (N-methyl/N-ethyl adjacent to an activating group) is 1. The number of halogens is 1. The Bertz CT molecular complexity index is 905. The summed E-state index contributed by atoms with van der Waals surface area (Å²) in [5, 5.41) is 4.24. The molecule has 1 amide bonds. The van der Waals surface area contributed by atoms with E-state index in [-0.39, 0.29) is 17.8 Å². The van der Waals surface area contributed by atoms with Crippen LogP contribution in [0.5, 0.6) is 0 Å². The van der Waals surface area contributed by atoms with Crippen molar-refractivity contribution < 1.29 is 9.18 Å². The molecule has 1 aromatic carbocycles. The maximum Gasteiger partial charge on any atom is 0.236 e. The maximum absolute atomic E-state index is 13.1. The Morgan fingerprint density at radius 2 is 2.00 bits per heavy atom. The summed E-state index contributed by atoms with van der Waals surface area (Å²) in [6.45, 7) is 1.75. The van der Waals surface area contributed by atoms with Crippen molar-refractivity contribution in [2.24, 2.45) is 0 Å².